The van der Waals surface area contributed by atoms with E-state index in [4.69, 9.17) is 4.42 Å². The number of hydrogen-bond acceptors (Lipinski definition) is 4. The van der Waals surface area contributed by atoms with Crippen molar-refractivity contribution in [3.8, 4) is 0 Å². The summed E-state index contributed by atoms with van der Waals surface area (Å²) in [4.78, 5) is 39.0. The summed E-state index contributed by atoms with van der Waals surface area (Å²) >= 11 is 0. The van der Waals surface area contributed by atoms with E-state index < -0.39 is 11.8 Å². The molecule has 3 aromatic rings. The third-order valence-electron chi connectivity index (χ3n) is 4.76. The van der Waals surface area contributed by atoms with E-state index in [-0.39, 0.29) is 18.0 Å². The van der Waals surface area contributed by atoms with E-state index in [1.54, 1.807) is 18.2 Å². The predicted octanol–water partition coefficient (Wildman–Crippen LogP) is 3.94. The average molecular weight is 374 g/mol. The second kappa shape index (κ2) is 6.81. The lowest BCUT2D eigenvalue weighted by atomic mass is 10.0. The maximum atomic E-state index is 12.7. The quantitative estimate of drug-likeness (QED) is 0.702. The lowest BCUT2D eigenvalue weighted by Gasteiger charge is -2.11. The van der Waals surface area contributed by atoms with Crippen molar-refractivity contribution in [1.29, 1.82) is 0 Å². The molecule has 1 N–H and O–H groups in total. The number of aryl methyl sites for hydroxylation is 2. The summed E-state index contributed by atoms with van der Waals surface area (Å²) in [7, 11) is 0. The lowest BCUT2D eigenvalue weighted by molar-refractivity contribution is 0.0631. The van der Waals surface area contributed by atoms with Crippen LogP contribution < -0.4 is 5.32 Å². The average Bonchev–Trinajstić information content (AvgIpc) is 3.27. The molecule has 0 atom stereocenters. The van der Waals surface area contributed by atoms with Gasteiger partial charge in [0.2, 0.25) is 0 Å². The van der Waals surface area contributed by atoms with Crippen LogP contribution in [-0.2, 0) is 6.54 Å². The number of benzene rings is 2. The topological polar surface area (TPSA) is 79.6 Å². The SMILES string of the molecule is Cc1ccc(NC(=O)c2ccc3c(c2)C(=O)N(Cc2ccco2)C3=O)c(C)c1. The van der Waals surface area contributed by atoms with Crippen molar-refractivity contribution >= 4 is 23.4 Å². The number of imide groups is 1. The van der Waals surface area contributed by atoms with Gasteiger partial charge in [-0.1, -0.05) is 17.7 Å². The van der Waals surface area contributed by atoms with Gasteiger partial charge in [0.1, 0.15) is 5.76 Å². The molecular formula is C22H18N2O4. The number of rotatable bonds is 4. The van der Waals surface area contributed by atoms with E-state index in [0.29, 0.717) is 22.6 Å². The van der Waals surface area contributed by atoms with E-state index in [9.17, 15) is 14.4 Å². The van der Waals surface area contributed by atoms with Crippen LogP contribution in [0.25, 0.3) is 0 Å². The Morgan fingerprint density at radius 3 is 2.50 bits per heavy atom. The van der Waals surface area contributed by atoms with Crippen molar-refractivity contribution in [1.82, 2.24) is 4.90 Å². The Bertz CT molecular complexity index is 1100. The third kappa shape index (κ3) is 3.09. The van der Waals surface area contributed by atoms with Crippen molar-refractivity contribution < 1.29 is 18.8 Å². The van der Waals surface area contributed by atoms with Crippen LogP contribution in [0.1, 0.15) is 48.0 Å². The van der Waals surface area contributed by atoms with Gasteiger partial charge in [-0.25, -0.2) is 0 Å². The largest absolute Gasteiger partial charge is 0.467 e. The van der Waals surface area contributed by atoms with Gasteiger partial charge in [-0.15, -0.1) is 0 Å². The molecule has 2 aromatic carbocycles. The number of carbonyl (C=O) groups is 3. The zero-order valence-corrected chi connectivity index (χ0v) is 15.5. The van der Waals surface area contributed by atoms with Crippen LogP contribution in [0.15, 0.2) is 59.2 Å². The first kappa shape index (κ1) is 17.7. The highest BCUT2D eigenvalue weighted by atomic mass is 16.3. The van der Waals surface area contributed by atoms with Crippen LogP contribution in [0, 0.1) is 13.8 Å². The van der Waals surface area contributed by atoms with Gasteiger partial charge in [0.15, 0.2) is 0 Å². The molecule has 4 rings (SSSR count). The maximum absolute atomic E-state index is 12.7. The standard InChI is InChI=1S/C22H18N2O4/c1-13-5-8-19(14(2)10-13)23-20(25)15-6-7-17-18(11-15)22(27)24(21(17)26)12-16-4-3-9-28-16/h3-11H,12H2,1-2H3,(H,23,25). The van der Waals surface area contributed by atoms with Gasteiger partial charge < -0.3 is 9.73 Å². The number of hydrogen-bond donors (Lipinski definition) is 1. The molecule has 0 unspecified atom stereocenters. The minimum absolute atomic E-state index is 0.0590. The molecule has 0 aliphatic carbocycles. The van der Waals surface area contributed by atoms with Gasteiger partial charge in [0.05, 0.1) is 23.9 Å². The van der Waals surface area contributed by atoms with E-state index in [2.05, 4.69) is 5.32 Å². The molecule has 0 radical (unpaired) electrons. The molecule has 6 nitrogen and oxygen atoms in total. The van der Waals surface area contributed by atoms with Crippen LogP contribution in [0.2, 0.25) is 0 Å². The molecule has 0 spiro atoms. The molecular weight excluding hydrogens is 356 g/mol. The number of furan rings is 1. The molecule has 0 saturated heterocycles. The maximum Gasteiger partial charge on any atom is 0.261 e. The zero-order chi connectivity index (χ0) is 19.8. The summed E-state index contributed by atoms with van der Waals surface area (Å²) < 4.78 is 5.23. The summed E-state index contributed by atoms with van der Waals surface area (Å²) in [5.41, 5.74) is 3.60. The van der Waals surface area contributed by atoms with Crippen LogP contribution >= 0.6 is 0 Å². The highest BCUT2D eigenvalue weighted by Gasteiger charge is 2.36. The number of carbonyl (C=O) groups excluding carboxylic acids is 3. The van der Waals surface area contributed by atoms with Gasteiger partial charge in [-0.2, -0.15) is 0 Å². The molecule has 3 amide bonds. The van der Waals surface area contributed by atoms with Gasteiger partial charge in [-0.3, -0.25) is 19.3 Å². The number of nitrogens with zero attached hydrogens (tertiary/aromatic N) is 1. The fraction of sp³-hybridized carbons (Fsp3) is 0.136. The molecule has 2 heterocycles. The molecule has 0 saturated carbocycles. The summed E-state index contributed by atoms with van der Waals surface area (Å²) in [6, 6.07) is 13.7. The van der Waals surface area contributed by atoms with Gasteiger partial charge in [0.25, 0.3) is 17.7 Å². The summed E-state index contributed by atoms with van der Waals surface area (Å²) in [5.74, 6) is -0.642. The monoisotopic (exact) mass is 374 g/mol. The minimum Gasteiger partial charge on any atom is -0.467 e. The van der Waals surface area contributed by atoms with Crippen LogP contribution in [-0.4, -0.2) is 22.6 Å². The summed E-state index contributed by atoms with van der Waals surface area (Å²) in [6.45, 7) is 3.96. The van der Waals surface area contributed by atoms with Crippen molar-refractivity contribution in [2.45, 2.75) is 20.4 Å². The molecule has 0 fully saturated rings. The van der Waals surface area contributed by atoms with E-state index in [0.717, 1.165) is 16.0 Å². The molecule has 28 heavy (non-hydrogen) atoms. The van der Waals surface area contributed by atoms with Gasteiger partial charge in [-0.05, 0) is 55.8 Å². The summed E-state index contributed by atoms with van der Waals surface area (Å²) in [5, 5.41) is 2.85. The van der Waals surface area contributed by atoms with Gasteiger partial charge >= 0.3 is 0 Å². The molecule has 0 bridgehead atoms. The normalized spacial score (nSPS) is 13.0. The first-order valence-electron chi connectivity index (χ1n) is 8.85. The number of anilines is 1. The van der Waals surface area contributed by atoms with Crippen molar-refractivity contribution in [3.63, 3.8) is 0 Å². The molecule has 140 valence electrons. The Hall–Kier alpha value is -3.67. The minimum atomic E-state index is -0.433. The molecule has 6 heteroatoms. The third-order valence-corrected chi connectivity index (χ3v) is 4.76. The van der Waals surface area contributed by atoms with E-state index in [1.807, 2.05) is 32.0 Å². The fourth-order valence-corrected chi connectivity index (χ4v) is 3.28. The van der Waals surface area contributed by atoms with Crippen molar-refractivity contribution in [2.24, 2.45) is 0 Å². The lowest BCUT2D eigenvalue weighted by Crippen LogP contribution is -2.28. The Morgan fingerprint density at radius 1 is 1.00 bits per heavy atom. The van der Waals surface area contributed by atoms with Crippen LogP contribution in [0.3, 0.4) is 0 Å². The Kier molecular flexibility index (Phi) is 4.31. The van der Waals surface area contributed by atoms with Crippen LogP contribution in [0.4, 0.5) is 5.69 Å². The first-order chi connectivity index (χ1) is 13.4. The molecule has 1 aromatic heterocycles. The highest BCUT2D eigenvalue weighted by Crippen LogP contribution is 2.26. The van der Waals surface area contributed by atoms with Crippen molar-refractivity contribution in [3.05, 3.63) is 88.4 Å². The van der Waals surface area contributed by atoms with Gasteiger partial charge in [0, 0.05) is 11.3 Å². The number of fused-ring (bicyclic) bond motifs is 1. The Balaban J connectivity index is 1.58. The number of amides is 3. The second-order valence-corrected chi connectivity index (χ2v) is 6.81. The van der Waals surface area contributed by atoms with Crippen molar-refractivity contribution in [2.75, 3.05) is 5.32 Å². The second-order valence-electron chi connectivity index (χ2n) is 6.81. The molecule has 1 aliphatic heterocycles. The Labute approximate surface area is 161 Å². The number of nitrogens with one attached hydrogen (secondary N) is 1. The van der Waals surface area contributed by atoms with Crippen LogP contribution in [0.5, 0.6) is 0 Å². The smallest absolute Gasteiger partial charge is 0.261 e. The Morgan fingerprint density at radius 2 is 1.79 bits per heavy atom. The van der Waals surface area contributed by atoms with E-state index in [1.165, 1.54) is 18.4 Å². The predicted molar refractivity (Wildman–Crippen MR) is 103 cm³/mol. The molecule has 1 aliphatic rings. The fourth-order valence-electron chi connectivity index (χ4n) is 3.28. The summed E-state index contributed by atoms with van der Waals surface area (Å²) in [6.07, 6.45) is 1.49. The zero-order valence-electron chi connectivity index (χ0n) is 15.5. The first-order valence-corrected chi connectivity index (χ1v) is 8.85. The highest BCUT2D eigenvalue weighted by molar-refractivity contribution is 6.22. The van der Waals surface area contributed by atoms with E-state index >= 15 is 0 Å².